The fourth-order valence-corrected chi connectivity index (χ4v) is 3.57. The van der Waals surface area contributed by atoms with Crippen molar-refractivity contribution >= 4 is 27.9 Å². The maximum Gasteiger partial charge on any atom is 0.233 e. The topological polar surface area (TPSA) is 92.3 Å². The quantitative estimate of drug-likeness (QED) is 0.462. The summed E-state index contributed by atoms with van der Waals surface area (Å²) >= 11 is 0. The Labute approximate surface area is 169 Å². The number of hydrogen-bond acceptors (Lipinski definition) is 6. The Balaban J connectivity index is 1.67. The van der Waals surface area contributed by atoms with E-state index >= 15 is 0 Å². The van der Waals surface area contributed by atoms with Crippen LogP contribution in [0.3, 0.4) is 0 Å². The number of nitrogens with one attached hydrogen (secondary N) is 2. The molecule has 0 bridgehead atoms. The average Bonchev–Trinajstić information content (AvgIpc) is 3.22. The second-order valence-corrected chi connectivity index (χ2v) is 6.83. The lowest BCUT2D eigenvalue weighted by molar-refractivity contribution is 0.568. The molecule has 3 aromatic heterocycles. The van der Waals surface area contributed by atoms with E-state index in [0.717, 1.165) is 5.56 Å². The lowest BCUT2D eigenvalue weighted by atomic mass is 9.93. The molecule has 0 saturated carbocycles. The maximum atomic E-state index is 14.0. The third-order valence-electron chi connectivity index (χ3n) is 4.92. The minimum atomic E-state index is -0.672. The van der Waals surface area contributed by atoms with Crippen molar-refractivity contribution < 1.29 is 8.78 Å². The van der Waals surface area contributed by atoms with E-state index in [4.69, 9.17) is 0 Å². The molecular formula is C21H15F2N7. The smallest absolute Gasteiger partial charge is 0.233 e. The fourth-order valence-electron chi connectivity index (χ4n) is 3.57. The van der Waals surface area contributed by atoms with Crippen molar-refractivity contribution in [1.82, 2.24) is 30.1 Å². The van der Waals surface area contributed by atoms with Gasteiger partial charge in [-0.1, -0.05) is 24.3 Å². The minimum Gasteiger partial charge on any atom is -0.362 e. The molecule has 1 atom stereocenters. The van der Waals surface area contributed by atoms with Crippen molar-refractivity contribution in [1.29, 1.82) is 0 Å². The zero-order valence-electron chi connectivity index (χ0n) is 15.8. The molecule has 2 aromatic carbocycles. The summed E-state index contributed by atoms with van der Waals surface area (Å²) in [7, 11) is 0. The van der Waals surface area contributed by atoms with Crippen molar-refractivity contribution in [3.63, 3.8) is 0 Å². The molecule has 148 valence electrons. The van der Waals surface area contributed by atoms with E-state index in [1.54, 1.807) is 24.5 Å². The highest BCUT2D eigenvalue weighted by atomic mass is 19.1. The van der Waals surface area contributed by atoms with Crippen molar-refractivity contribution in [2.45, 2.75) is 13.0 Å². The Morgan fingerprint density at radius 3 is 2.77 bits per heavy atom. The number of anilines is 1. The van der Waals surface area contributed by atoms with Crippen LogP contribution in [0.15, 0.2) is 55.1 Å². The predicted octanol–water partition coefficient (Wildman–Crippen LogP) is 4.41. The Bertz CT molecular complexity index is 1380. The Hall–Kier alpha value is -4.01. The summed E-state index contributed by atoms with van der Waals surface area (Å²) in [5, 5.41) is 11.6. The summed E-state index contributed by atoms with van der Waals surface area (Å²) in [5.41, 5.74) is 3.85. The average molecular weight is 403 g/mol. The molecule has 0 fully saturated rings. The molecule has 0 aliphatic rings. The summed E-state index contributed by atoms with van der Waals surface area (Å²) in [6, 6.07) is 10.9. The first kappa shape index (κ1) is 18.0. The standard InChI is InChI=1S/C21H15F2N7/c1-11(28-21-19-20(25-9-24-19)26-10-27-21)15-6-5-13-8-16(23)29-30-18(13)17(15)12-3-2-4-14(22)7-12/h2-11H,1H3,(H2,24,25,26,27,28). The van der Waals surface area contributed by atoms with Gasteiger partial charge in [0.2, 0.25) is 5.95 Å². The first-order chi connectivity index (χ1) is 14.6. The summed E-state index contributed by atoms with van der Waals surface area (Å²) in [4.78, 5) is 15.6. The van der Waals surface area contributed by atoms with Crippen molar-refractivity contribution in [2.24, 2.45) is 0 Å². The van der Waals surface area contributed by atoms with Gasteiger partial charge in [0.15, 0.2) is 11.5 Å². The van der Waals surface area contributed by atoms with Gasteiger partial charge in [-0.25, -0.2) is 19.3 Å². The molecule has 0 saturated heterocycles. The Kier molecular flexibility index (Phi) is 4.27. The van der Waals surface area contributed by atoms with Crippen LogP contribution in [-0.2, 0) is 0 Å². The van der Waals surface area contributed by atoms with Gasteiger partial charge in [0, 0.05) is 17.0 Å². The van der Waals surface area contributed by atoms with Crippen LogP contribution in [0.2, 0.25) is 0 Å². The molecule has 5 aromatic rings. The molecule has 0 amide bonds. The van der Waals surface area contributed by atoms with E-state index < -0.39 is 5.95 Å². The number of aromatic amines is 1. The molecule has 9 heteroatoms. The molecule has 1 unspecified atom stereocenters. The predicted molar refractivity (Wildman–Crippen MR) is 109 cm³/mol. The molecule has 7 nitrogen and oxygen atoms in total. The van der Waals surface area contributed by atoms with Gasteiger partial charge in [0.25, 0.3) is 0 Å². The molecule has 0 radical (unpaired) electrons. The van der Waals surface area contributed by atoms with Crippen LogP contribution < -0.4 is 5.32 Å². The van der Waals surface area contributed by atoms with Crippen LogP contribution in [-0.4, -0.2) is 30.1 Å². The number of hydrogen-bond donors (Lipinski definition) is 2. The van der Waals surface area contributed by atoms with Gasteiger partial charge >= 0.3 is 0 Å². The lowest BCUT2D eigenvalue weighted by Gasteiger charge is -2.20. The largest absolute Gasteiger partial charge is 0.362 e. The third kappa shape index (κ3) is 3.10. The van der Waals surface area contributed by atoms with E-state index in [9.17, 15) is 8.78 Å². The van der Waals surface area contributed by atoms with Gasteiger partial charge in [-0.3, -0.25) is 0 Å². The summed E-state index contributed by atoms with van der Waals surface area (Å²) in [5.74, 6) is -0.462. The van der Waals surface area contributed by atoms with Gasteiger partial charge in [-0.15, -0.1) is 10.2 Å². The van der Waals surface area contributed by atoms with Gasteiger partial charge in [0.05, 0.1) is 12.4 Å². The molecule has 30 heavy (non-hydrogen) atoms. The number of halogens is 2. The van der Waals surface area contributed by atoms with Crippen LogP contribution in [0.25, 0.3) is 33.2 Å². The van der Waals surface area contributed by atoms with Gasteiger partial charge < -0.3 is 10.3 Å². The number of imidazole rings is 1. The van der Waals surface area contributed by atoms with E-state index in [2.05, 4.69) is 35.5 Å². The van der Waals surface area contributed by atoms with Crippen LogP contribution >= 0.6 is 0 Å². The number of fused-ring (bicyclic) bond motifs is 2. The van der Waals surface area contributed by atoms with E-state index in [-0.39, 0.29) is 11.9 Å². The van der Waals surface area contributed by atoms with E-state index in [0.29, 0.717) is 39.0 Å². The number of aromatic nitrogens is 6. The van der Waals surface area contributed by atoms with Gasteiger partial charge in [-0.05, 0) is 30.2 Å². The molecule has 0 aliphatic heterocycles. The SMILES string of the molecule is CC(Nc1ncnc2nc[nH]c12)c1ccc2cc(F)nnc2c1-c1cccc(F)c1. The Morgan fingerprint density at radius 1 is 1.00 bits per heavy atom. The highest BCUT2D eigenvalue weighted by Crippen LogP contribution is 2.36. The zero-order valence-corrected chi connectivity index (χ0v) is 15.8. The molecule has 0 spiro atoms. The van der Waals surface area contributed by atoms with Gasteiger partial charge in [-0.2, -0.15) is 4.39 Å². The lowest BCUT2D eigenvalue weighted by Crippen LogP contribution is -2.11. The summed E-state index contributed by atoms with van der Waals surface area (Å²) < 4.78 is 27.6. The van der Waals surface area contributed by atoms with Crippen molar-refractivity contribution in [3.05, 3.63) is 72.4 Å². The summed E-state index contributed by atoms with van der Waals surface area (Å²) in [6.07, 6.45) is 2.98. The second-order valence-electron chi connectivity index (χ2n) is 6.83. The molecular weight excluding hydrogens is 388 g/mol. The van der Waals surface area contributed by atoms with E-state index in [1.165, 1.54) is 24.5 Å². The molecule has 0 aliphatic carbocycles. The molecule has 5 rings (SSSR count). The molecule has 2 N–H and O–H groups in total. The first-order valence-corrected chi connectivity index (χ1v) is 9.22. The van der Waals surface area contributed by atoms with Crippen LogP contribution in [0.5, 0.6) is 0 Å². The number of nitrogens with zero attached hydrogens (tertiary/aromatic N) is 5. The van der Waals surface area contributed by atoms with E-state index in [1.807, 2.05) is 13.0 Å². The van der Waals surface area contributed by atoms with Crippen molar-refractivity contribution in [3.8, 4) is 11.1 Å². The second kappa shape index (κ2) is 7.11. The number of H-pyrrole nitrogens is 1. The Morgan fingerprint density at radius 2 is 1.90 bits per heavy atom. The maximum absolute atomic E-state index is 14.0. The third-order valence-corrected chi connectivity index (χ3v) is 4.92. The monoisotopic (exact) mass is 403 g/mol. The molecule has 3 heterocycles. The van der Waals surface area contributed by atoms with Crippen molar-refractivity contribution in [2.75, 3.05) is 5.32 Å². The first-order valence-electron chi connectivity index (χ1n) is 9.22. The minimum absolute atomic E-state index is 0.249. The van der Waals surface area contributed by atoms with Crippen LogP contribution in [0, 0.1) is 11.8 Å². The number of benzene rings is 2. The van der Waals surface area contributed by atoms with Crippen LogP contribution in [0.1, 0.15) is 18.5 Å². The highest BCUT2D eigenvalue weighted by Gasteiger charge is 2.19. The zero-order chi connectivity index (χ0) is 20.7. The van der Waals surface area contributed by atoms with Gasteiger partial charge in [0.1, 0.15) is 23.2 Å². The highest BCUT2D eigenvalue weighted by molar-refractivity contribution is 5.95. The normalized spacial score (nSPS) is 12.4. The van der Waals surface area contributed by atoms with Crippen LogP contribution in [0.4, 0.5) is 14.6 Å². The number of rotatable bonds is 4. The fraction of sp³-hybridized carbons (Fsp3) is 0.0952. The summed E-state index contributed by atoms with van der Waals surface area (Å²) in [6.45, 7) is 1.95.